The molecular formula is C16H23NO2Si. The minimum Gasteiger partial charge on any atom is -0.361 e. The van der Waals surface area contributed by atoms with Crippen LogP contribution in [0.2, 0.25) is 25.7 Å². The van der Waals surface area contributed by atoms with E-state index < -0.39 is 8.07 Å². The van der Waals surface area contributed by atoms with Gasteiger partial charge in [0.05, 0.1) is 11.2 Å². The molecule has 1 aromatic carbocycles. The summed E-state index contributed by atoms with van der Waals surface area (Å²) in [6.45, 7) is 9.83. The number of para-hydroxylation sites is 1. The van der Waals surface area contributed by atoms with E-state index in [-0.39, 0.29) is 5.78 Å². The number of hydrogen-bond acceptors (Lipinski definition) is 2. The number of fused-ring (bicyclic) bond motifs is 1. The van der Waals surface area contributed by atoms with Crippen molar-refractivity contribution in [1.82, 2.24) is 4.57 Å². The molecule has 0 bridgehead atoms. The maximum atomic E-state index is 11.8. The van der Waals surface area contributed by atoms with E-state index in [1.807, 2.05) is 34.9 Å². The molecule has 2 aromatic rings. The first-order valence-corrected chi connectivity index (χ1v) is 10.8. The van der Waals surface area contributed by atoms with Gasteiger partial charge in [-0.25, -0.2) is 0 Å². The Morgan fingerprint density at radius 1 is 1.25 bits per heavy atom. The standard InChI is InChI=1S/C16H23NO2Si/c1-13(18)16-11-14-7-5-6-8-15(14)17(16)12-19-9-10-20(2,3)4/h5-8,11H,9-10,12H2,1-4H3. The van der Waals surface area contributed by atoms with Crippen LogP contribution >= 0.6 is 0 Å². The Balaban J connectivity index is 2.15. The molecule has 0 aliphatic rings. The number of carbonyl (C=O) groups is 1. The second-order valence-corrected chi connectivity index (χ2v) is 12.0. The number of nitrogens with zero attached hydrogens (tertiary/aromatic N) is 1. The van der Waals surface area contributed by atoms with Crippen LogP contribution in [0.25, 0.3) is 10.9 Å². The van der Waals surface area contributed by atoms with E-state index in [1.54, 1.807) is 6.92 Å². The molecule has 0 spiro atoms. The van der Waals surface area contributed by atoms with Crippen molar-refractivity contribution in [2.75, 3.05) is 6.61 Å². The third-order valence-electron chi connectivity index (χ3n) is 3.39. The molecule has 0 aliphatic carbocycles. The molecule has 0 saturated carbocycles. The van der Waals surface area contributed by atoms with Crippen LogP contribution in [0.3, 0.4) is 0 Å². The zero-order valence-corrected chi connectivity index (χ0v) is 13.8. The molecule has 20 heavy (non-hydrogen) atoms. The number of ether oxygens (including phenoxy) is 1. The van der Waals surface area contributed by atoms with E-state index in [1.165, 1.54) is 0 Å². The van der Waals surface area contributed by atoms with Gasteiger partial charge in [0.1, 0.15) is 6.73 Å². The van der Waals surface area contributed by atoms with Crippen molar-refractivity contribution in [2.24, 2.45) is 0 Å². The Morgan fingerprint density at radius 2 is 1.95 bits per heavy atom. The largest absolute Gasteiger partial charge is 0.361 e. The van der Waals surface area contributed by atoms with Crippen molar-refractivity contribution >= 4 is 24.8 Å². The van der Waals surface area contributed by atoms with Gasteiger partial charge in [0.25, 0.3) is 0 Å². The number of carbonyl (C=O) groups excluding carboxylic acids is 1. The van der Waals surface area contributed by atoms with Gasteiger partial charge in [0.15, 0.2) is 5.78 Å². The molecular weight excluding hydrogens is 266 g/mol. The van der Waals surface area contributed by atoms with Crippen molar-refractivity contribution in [3.63, 3.8) is 0 Å². The van der Waals surface area contributed by atoms with Crippen molar-refractivity contribution in [3.8, 4) is 0 Å². The number of hydrogen-bond donors (Lipinski definition) is 0. The molecule has 4 heteroatoms. The molecule has 0 radical (unpaired) electrons. The first-order valence-electron chi connectivity index (χ1n) is 7.05. The van der Waals surface area contributed by atoms with Gasteiger partial charge in [-0.05, 0) is 18.2 Å². The van der Waals surface area contributed by atoms with Gasteiger partial charge in [-0.15, -0.1) is 0 Å². The highest BCUT2D eigenvalue weighted by molar-refractivity contribution is 6.76. The molecule has 0 N–H and O–H groups in total. The summed E-state index contributed by atoms with van der Waals surface area (Å²) < 4.78 is 7.77. The van der Waals surface area contributed by atoms with Crippen LogP contribution < -0.4 is 0 Å². The fraction of sp³-hybridized carbons (Fsp3) is 0.438. The summed E-state index contributed by atoms with van der Waals surface area (Å²) >= 11 is 0. The van der Waals surface area contributed by atoms with Crippen LogP contribution in [0, 0.1) is 0 Å². The lowest BCUT2D eigenvalue weighted by Crippen LogP contribution is -2.22. The van der Waals surface area contributed by atoms with Crippen molar-refractivity contribution < 1.29 is 9.53 Å². The lowest BCUT2D eigenvalue weighted by molar-refractivity contribution is 0.0835. The molecule has 108 valence electrons. The SMILES string of the molecule is CC(=O)c1cc2ccccc2n1COCC[Si](C)(C)C. The maximum absolute atomic E-state index is 11.8. The van der Waals surface area contributed by atoms with E-state index in [2.05, 4.69) is 19.6 Å². The Hall–Kier alpha value is -1.39. The summed E-state index contributed by atoms with van der Waals surface area (Å²) in [6.07, 6.45) is 0. The van der Waals surface area contributed by atoms with Gasteiger partial charge in [0.2, 0.25) is 0 Å². The normalized spacial score (nSPS) is 12.0. The van der Waals surface area contributed by atoms with Crippen LogP contribution in [-0.2, 0) is 11.5 Å². The topological polar surface area (TPSA) is 31.2 Å². The summed E-state index contributed by atoms with van der Waals surface area (Å²) in [5.74, 6) is 0.0787. The molecule has 3 nitrogen and oxygen atoms in total. The third-order valence-corrected chi connectivity index (χ3v) is 5.09. The fourth-order valence-corrected chi connectivity index (χ4v) is 2.93. The van der Waals surface area contributed by atoms with E-state index >= 15 is 0 Å². The number of Topliss-reactive ketones (excluding diaryl/α,β-unsaturated/α-hetero) is 1. The lowest BCUT2D eigenvalue weighted by Gasteiger charge is -2.16. The van der Waals surface area contributed by atoms with Gasteiger partial charge in [0, 0.05) is 27.0 Å². The third kappa shape index (κ3) is 3.58. The van der Waals surface area contributed by atoms with Crippen LogP contribution in [0.1, 0.15) is 17.4 Å². The molecule has 0 saturated heterocycles. The predicted molar refractivity (Wildman–Crippen MR) is 86.0 cm³/mol. The summed E-state index contributed by atoms with van der Waals surface area (Å²) in [6, 6.07) is 11.1. The lowest BCUT2D eigenvalue weighted by atomic mass is 10.2. The average Bonchev–Trinajstić information content (AvgIpc) is 2.72. The minimum absolute atomic E-state index is 0.0787. The molecule has 0 aliphatic heterocycles. The van der Waals surface area contributed by atoms with E-state index in [4.69, 9.17) is 4.74 Å². The quantitative estimate of drug-likeness (QED) is 0.454. The Morgan fingerprint density at radius 3 is 2.60 bits per heavy atom. The van der Waals surface area contributed by atoms with Crippen LogP contribution in [0.15, 0.2) is 30.3 Å². The first-order chi connectivity index (χ1) is 9.38. The zero-order valence-electron chi connectivity index (χ0n) is 12.8. The molecule has 0 atom stereocenters. The van der Waals surface area contributed by atoms with Crippen molar-refractivity contribution in [1.29, 1.82) is 0 Å². The van der Waals surface area contributed by atoms with Crippen LogP contribution in [0.5, 0.6) is 0 Å². The van der Waals surface area contributed by atoms with Gasteiger partial charge in [-0.1, -0.05) is 37.8 Å². The molecule has 0 amide bonds. The van der Waals surface area contributed by atoms with Crippen molar-refractivity contribution in [3.05, 3.63) is 36.0 Å². The first kappa shape index (κ1) is 15.0. The molecule has 1 heterocycles. The monoisotopic (exact) mass is 289 g/mol. The average molecular weight is 289 g/mol. The van der Waals surface area contributed by atoms with Gasteiger partial charge < -0.3 is 9.30 Å². The molecule has 1 aromatic heterocycles. The smallest absolute Gasteiger partial charge is 0.176 e. The molecule has 0 fully saturated rings. The summed E-state index contributed by atoms with van der Waals surface area (Å²) in [5, 5.41) is 1.09. The minimum atomic E-state index is -1.07. The Bertz CT molecular complexity index is 610. The van der Waals surface area contributed by atoms with Gasteiger partial charge in [-0.2, -0.15) is 0 Å². The number of ketones is 1. The number of benzene rings is 1. The highest BCUT2D eigenvalue weighted by atomic mass is 28.3. The van der Waals surface area contributed by atoms with Gasteiger partial charge >= 0.3 is 0 Å². The second-order valence-electron chi connectivity index (χ2n) is 6.42. The molecule has 2 rings (SSSR count). The maximum Gasteiger partial charge on any atom is 0.176 e. The molecule has 0 unspecified atom stereocenters. The zero-order chi connectivity index (χ0) is 14.8. The van der Waals surface area contributed by atoms with E-state index in [0.29, 0.717) is 6.73 Å². The van der Waals surface area contributed by atoms with E-state index in [0.717, 1.165) is 29.2 Å². The highest BCUT2D eigenvalue weighted by Crippen LogP contribution is 2.20. The van der Waals surface area contributed by atoms with Crippen molar-refractivity contribution in [2.45, 2.75) is 39.3 Å². The van der Waals surface area contributed by atoms with Crippen LogP contribution in [-0.4, -0.2) is 25.0 Å². The second kappa shape index (κ2) is 5.93. The number of aromatic nitrogens is 1. The highest BCUT2D eigenvalue weighted by Gasteiger charge is 2.14. The van der Waals surface area contributed by atoms with Gasteiger partial charge in [-0.3, -0.25) is 4.79 Å². The van der Waals surface area contributed by atoms with Crippen LogP contribution in [0.4, 0.5) is 0 Å². The fourth-order valence-electron chi connectivity index (χ4n) is 2.18. The number of rotatable bonds is 6. The summed E-state index contributed by atoms with van der Waals surface area (Å²) in [7, 11) is -1.07. The Labute approximate surface area is 121 Å². The summed E-state index contributed by atoms with van der Waals surface area (Å²) in [5.41, 5.74) is 1.78. The predicted octanol–water partition coefficient (Wildman–Crippen LogP) is 4.16. The summed E-state index contributed by atoms with van der Waals surface area (Å²) in [4.78, 5) is 11.8. The Kier molecular flexibility index (Phi) is 4.45. The van der Waals surface area contributed by atoms with E-state index in [9.17, 15) is 4.79 Å².